The van der Waals surface area contributed by atoms with Crippen LogP contribution in [0.5, 0.6) is 0 Å². The Bertz CT molecular complexity index is 944. The van der Waals surface area contributed by atoms with Crippen molar-refractivity contribution in [1.82, 2.24) is 25.0 Å². The molecule has 0 aliphatic rings. The Morgan fingerprint density at radius 3 is 2.48 bits per heavy atom. The highest BCUT2D eigenvalue weighted by Crippen LogP contribution is 2.21. The quantitative estimate of drug-likeness (QED) is 0.729. The summed E-state index contributed by atoms with van der Waals surface area (Å²) in [7, 11) is 0. The molecule has 0 atom stereocenters. The molecule has 0 bridgehead atoms. The van der Waals surface area contributed by atoms with Crippen molar-refractivity contribution in [3.05, 3.63) is 59.8 Å². The van der Waals surface area contributed by atoms with Crippen LogP contribution < -0.4 is 5.32 Å². The van der Waals surface area contributed by atoms with Gasteiger partial charge in [-0.05, 0) is 18.2 Å². The number of rotatable bonds is 4. The lowest BCUT2D eigenvalue weighted by Crippen LogP contribution is -2.17. The summed E-state index contributed by atoms with van der Waals surface area (Å²) in [6, 6.07) is 3.79. The van der Waals surface area contributed by atoms with Crippen LogP contribution >= 0.6 is 0 Å². The molecule has 0 saturated carbocycles. The number of carbonyl (C=O) groups is 2. The molecule has 1 amide bonds. The van der Waals surface area contributed by atoms with Crippen molar-refractivity contribution in [1.29, 1.82) is 0 Å². The average molecular weight is 346 g/mol. The van der Waals surface area contributed by atoms with Crippen molar-refractivity contribution in [2.45, 2.75) is 0 Å². The number of nitrogens with zero attached hydrogens (tertiary/aromatic N) is 5. The Kier molecular flexibility index (Phi) is 4.12. The van der Waals surface area contributed by atoms with Crippen LogP contribution in [0, 0.1) is 11.6 Å². The number of carboxylic acids is 1. The SMILES string of the molecule is O=C(Nc1cc(F)c(F)cc1C(=O)O)c1ccc(-n2cncn2)nn1. The molecule has 11 heteroatoms. The van der Waals surface area contributed by atoms with Gasteiger partial charge in [0.05, 0.1) is 11.3 Å². The average Bonchev–Trinajstić information content (AvgIpc) is 3.12. The highest BCUT2D eigenvalue weighted by Gasteiger charge is 2.18. The van der Waals surface area contributed by atoms with Crippen molar-refractivity contribution in [3.8, 4) is 5.82 Å². The van der Waals surface area contributed by atoms with Crippen LogP contribution in [0.25, 0.3) is 5.82 Å². The number of anilines is 1. The Balaban J connectivity index is 1.85. The summed E-state index contributed by atoms with van der Waals surface area (Å²) in [6.07, 6.45) is 2.67. The lowest BCUT2D eigenvalue weighted by molar-refractivity contribution is 0.0697. The van der Waals surface area contributed by atoms with Gasteiger partial charge in [-0.25, -0.2) is 23.2 Å². The number of carbonyl (C=O) groups excluding carboxylic acids is 1. The smallest absolute Gasteiger partial charge is 0.337 e. The summed E-state index contributed by atoms with van der Waals surface area (Å²) >= 11 is 0. The van der Waals surface area contributed by atoms with E-state index < -0.39 is 34.8 Å². The Labute approximate surface area is 138 Å². The molecule has 3 rings (SSSR count). The number of hydrogen-bond donors (Lipinski definition) is 2. The van der Waals surface area contributed by atoms with Gasteiger partial charge in [0.15, 0.2) is 23.1 Å². The zero-order valence-electron chi connectivity index (χ0n) is 12.2. The van der Waals surface area contributed by atoms with Crippen LogP contribution in [0.1, 0.15) is 20.8 Å². The van der Waals surface area contributed by atoms with E-state index in [0.717, 1.165) is 0 Å². The number of amides is 1. The first-order valence-electron chi connectivity index (χ1n) is 6.68. The van der Waals surface area contributed by atoms with E-state index >= 15 is 0 Å². The summed E-state index contributed by atoms with van der Waals surface area (Å²) in [6.45, 7) is 0. The first-order valence-corrected chi connectivity index (χ1v) is 6.68. The van der Waals surface area contributed by atoms with Gasteiger partial charge in [-0.2, -0.15) is 5.10 Å². The Hall–Kier alpha value is -3.76. The van der Waals surface area contributed by atoms with E-state index in [2.05, 4.69) is 25.6 Å². The predicted octanol–water partition coefficient (Wildman–Crippen LogP) is 1.29. The fourth-order valence-electron chi connectivity index (χ4n) is 1.91. The molecule has 0 unspecified atom stereocenters. The van der Waals surface area contributed by atoms with Crippen LogP contribution in [-0.4, -0.2) is 41.9 Å². The van der Waals surface area contributed by atoms with E-state index in [9.17, 15) is 18.4 Å². The van der Waals surface area contributed by atoms with Gasteiger partial charge in [-0.15, -0.1) is 10.2 Å². The normalized spacial score (nSPS) is 10.5. The maximum Gasteiger partial charge on any atom is 0.337 e. The number of halogens is 2. The molecule has 3 aromatic rings. The van der Waals surface area contributed by atoms with Gasteiger partial charge in [0, 0.05) is 6.07 Å². The summed E-state index contributed by atoms with van der Waals surface area (Å²) in [5.41, 5.74) is -1.16. The molecular weight excluding hydrogens is 338 g/mol. The van der Waals surface area contributed by atoms with E-state index in [1.54, 1.807) is 0 Å². The Morgan fingerprint density at radius 1 is 1.12 bits per heavy atom. The highest BCUT2D eigenvalue weighted by molar-refractivity contribution is 6.06. The largest absolute Gasteiger partial charge is 0.478 e. The monoisotopic (exact) mass is 346 g/mol. The third-order valence-corrected chi connectivity index (χ3v) is 3.08. The molecule has 0 radical (unpaired) electrons. The second kappa shape index (κ2) is 6.39. The Morgan fingerprint density at radius 2 is 1.88 bits per heavy atom. The van der Waals surface area contributed by atoms with E-state index in [-0.39, 0.29) is 5.69 Å². The number of nitrogens with one attached hydrogen (secondary N) is 1. The van der Waals surface area contributed by atoms with Crippen molar-refractivity contribution >= 4 is 17.6 Å². The summed E-state index contributed by atoms with van der Waals surface area (Å²) < 4.78 is 27.8. The maximum atomic E-state index is 13.3. The van der Waals surface area contributed by atoms with E-state index in [0.29, 0.717) is 18.0 Å². The van der Waals surface area contributed by atoms with Gasteiger partial charge in [-0.3, -0.25) is 4.79 Å². The molecule has 126 valence electrons. The molecule has 0 aliphatic carbocycles. The molecule has 0 fully saturated rings. The van der Waals surface area contributed by atoms with E-state index in [4.69, 9.17) is 5.11 Å². The van der Waals surface area contributed by atoms with Gasteiger partial charge in [0.1, 0.15) is 12.7 Å². The van der Waals surface area contributed by atoms with Gasteiger partial charge in [0.2, 0.25) is 0 Å². The topological polar surface area (TPSA) is 123 Å². The van der Waals surface area contributed by atoms with E-state index in [1.165, 1.54) is 29.5 Å². The zero-order valence-corrected chi connectivity index (χ0v) is 12.2. The second-order valence-electron chi connectivity index (χ2n) is 4.69. The van der Waals surface area contributed by atoms with Crippen molar-refractivity contribution in [3.63, 3.8) is 0 Å². The number of aromatic nitrogens is 5. The lowest BCUT2D eigenvalue weighted by atomic mass is 10.1. The third kappa shape index (κ3) is 3.29. The predicted molar refractivity (Wildman–Crippen MR) is 78.2 cm³/mol. The van der Waals surface area contributed by atoms with Crippen molar-refractivity contribution in [2.24, 2.45) is 0 Å². The van der Waals surface area contributed by atoms with Crippen LogP contribution in [0.2, 0.25) is 0 Å². The van der Waals surface area contributed by atoms with Gasteiger partial charge in [0.25, 0.3) is 5.91 Å². The molecule has 2 N–H and O–H groups in total. The highest BCUT2D eigenvalue weighted by atomic mass is 19.2. The molecule has 2 heterocycles. The second-order valence-corrected chi connectivity index (χ2v) is 4.69. The van der Waals surface area contributed by atoms with Crippen molar-refractivity contribution in [2.75, 3.05) is 5.32 Å². The molecular formula is C14H8F2N6O3. The zero-order chi connectivity index (χ0) is 18.0. The first kappa shape index (κ1) is 16.1. The number of hydrogen-bond acceptors (Lipinski definition) is 6. The molecule has 0 aliphatic heterocycles. The number of carboxylic acid groups (broad SMARTS) is 1. The van der Waals surface area contributed by atoms with Crippen LogP contribution in [-0.2, 0) is 0 Å². The minimum atomic E-state index is -1.53. The van der Waals surface area contributed by atoms with Crippen LogP contribution in [0.15, 0.2) is 36.9 Å². The van der Waals surface area contributed by atoms with Gasteiger partial charge >= 0.3 is 5.97 Å². The molecule has 0 saturated heterocycles. The lowest BCUT2D eigenvalue weighted by Gasteiger charge is -2.09. The summed E-state index contributed by atoms with van der Waals surface area (Å²) in [5.74, 6) is -4.71. The molecule has 2 aromatic heterocycles. The number of aromatic carboxylic acids is 1. The molecule has 0 spiro atoms. The maximum absolute atomic E-state index is 13.3. The fraction of sp³-hybridized carbons (Fsp3) is 0. The van der Waals surface area contributed by atoms with Crippen molar-refractivity contribution < 1.29 is 23.5 Å². The summed E-state index contributed by atoms with van der Waals surface area (Å²) in [4.78, 5) is 27.0. The van der Waals surface area contributed by atoms with Crippen LogP contribution in [0.4, 0.5) is 14.5 Å². The standard InChI is InChI=1S/C14H8F2N6O3/c15-8-3-7(14(24)25)11(4-9(8)16)19-13(23)10-1-2-12(21-20-10)22-6-17-5-18-22/h1-6H,(H,19,23)(H,24,25). The molecule has 9 nitrogen and oxygen atoms in total. The molecule has 25 heavy (non-hydrogen) atoms. The number of benzene rings is 1. The van der Waals surface area contributed by atoms with E-state index in [1.807, 2.05) is 0 Å². The van der Waals surface area contributed by atoms with Gasteiger partial charge in [-0.1, -0.05) is 0 Å². The minimum Gasteiger partial charge on any atom is -0.478 e. The third-order valence-electron chi connectivity index (χ3n) is 3.08. The first-order chi connectivity index (χ1) is 12.0. The van der Waals surface area contributed by atoms with Gasteiger partial charge < -0.3 is 10.4 Å². The van der Waals surface area contributed by atoms with Crippen LogP contribution in [0.3, 0.4) is 0 Å². The fourth-order valence-corrected chi connectivity index (χ4v) is 1.91. The summed E-state index contributed by atoms with van der Waals surface area (Å²) in [5, 5.41) is 22.5. The minimum absolute atomic E-state index is 0.162. The molecule has 1 aromatic carbocycles.